The van der Waals surface area contributed by atoms with Gasteiger partial charge < -0.3 is 0 Å². The smallest absolute Gasteiger partial charge is 0.0239 e. The Morgan fingerprint density at radius 3 is 2.86 bits per heavy atom. The molecule has 2 aliphatic rings. The lowest BCUT2D eigenvalue weighted by Crippen LogP contribution is -2.27. The second-order valence-corrected chi connectivity index (χ2v) is 4.57. The third kappa shape index (κ3) is 1.36. The Labute approximate surface area is 85.7 Å². The fraction of sp³-hybridized carbons (Fsp3) is 0.538. The summed E-state index contributed by atoms with van der Waals surface area (Å²) in [7, 11) is 0. The van der Waals surface area contributed by atoms with Crippen molar-refractivity contribution in [3.63, 3.8) is 0 Å². The first-order chi connectivity index (χ1) is 6.93. The van der Waals surface area contributed by atoms with E-state index in [1.54, 1.807) is 11.1 Å². The third-order valence-electron chi connectivity index (χ3n) is 3.74. The highest BCUT2D eigenvalue weighted by atomic mass is 15.2. The molecule has 0 aromatic heterocycles. The molecule has 0 N–H and O–H groups in total. The van der Waals surface area contributed by atoms with Crippen LogP contribution in [0.1, 0.15) is 30.4 Å². The molecule has 0 bridgehead atoms. The van der Waals surface area contributed by atoms with Crippen LogP contribution in [0.3, 0.4) is 0 Å². The van der Waals surface area contributed by atoms with Gasteiger partial charge >= 0.3 is 0 Å². The van der Waals surface area contributed by atoms with Gasteiger partial charge in [0.05, 0.1) is 0 Å². The summed E-state index contributed by atoms with van der Waals surface area (Å²) in [6.07, 6.45) is 5.50. The predicted molar refractivity (Wildman–Crippen MR) is 58.2 cm³/mol. The summed E-state index contributed by atoms with van der Waals surface area (Å²) in [5.41, 5.74) is 3.15. The maximum absolute atomic E-state index is 2.67. The second kappa shape index (κ2) is 3.39. The van der Waals surface area contributed by atoms with Crippen LogP contribution >= 0.6 is 0 Å². The number of hydrogen-bond acceptors (Lipinski definition) is 1. The Hall–Kier alpha value is -0.820. The Morgan fingerprint density at radius 1 is 1.07 bits per heavy atom. The Balaban J connectivity index is 1.93. The molecule has 2 aliphatic heterocycles. The molecular formula is C13H17N. The fourth-order valence-corrected chi connectivity index (χ4v) is 2.93. The van der Waals surface area contributed by atoms with Gasteiger partial charge in [0.1, 0.15) is 0 Å². The van der Waals surface area contributed by atoms with Crippen LogP contribution in [0.2, 0.25) is 0 Å². The highest BCUT2D eigenvalue weighted by molar-refractivity contribution is 5.28. The van der Waals surface area contributed by atoms with Crippen molar-refractivity contribution in [1.82, 2.24) is 4.90 Å². The molecule has 3 rings (SSSR count). The van der Waals surface area contributed by atoms with Crippen LogP contribution < -0.4 is 0 Å². The summed E-state index contributed by atoms with van der Waals surface area (Å²) in [6, 6.07) is 9.83. The average molecular weight is 187 g/mol. The molecule has 0 spiro atoms. The maximum atomic E-state index is 2.67. The molecule has 1 heteroatoms. The van der Waals surface area contributed by atoms with Crippen molar-refractivity contribution >= 4 is 0 Å². The van der Waals surface area contributed by atoms with Gasteiger partial charge in [-0.25, -0.2) is 0 Å². The molecular weight excluding hydrogens is 170 g/mol. The van der Waals surface area contributed by atoms with Crippen molar-refractivity contribution in [2.24, 2.45) is 0 Å². The molecule has 1 aromatic rings. The number of nitrogens with zero attached hydrogens (tertiary/aromatic N) is 1. The number of fused-ring (bicyclic) bond motifs is 2. The number of aryl methyl sites for hydroxylation is 1. The molecule has 0 aliphatic carbocycles. The van der Waals surface area contributed by atoms with Crippen molar-refractivity contribution in [1.29, 1.82) is 0 Å². The van der Waals surface area contributed by atoms with Crippen LogP contribution in [0, 0.1) is 0 Å². The zero-order chi connectivity index (χ0) is 9.38. The van der Waals surface area contributed by atoms with E-state index in [1.165, 1.54) is 38.8 Å². The van der Waals surface area contributed by atoms with Gasteiger partial charge in [0.25, 0.3) is 0 Å². The van der Waals surface area contributed by atoms with E-state index in [1.807, 2.05) is 0 Å². The van der Waals surface area contributed by atoms with E-state index in [-0.39, 0.29) is 0 Å². The van der Waals surface area contributed by atoms with Gasteiger partial charge in [-0.15, -0.1) is 0 Å². The minimum atomic E-state index is 0.877. The summed E-state index contributed by atoms with van der Waals surface area (Å²) in [5, 5.41) is 0. The van der Waals surface area contributed by atoms with Crippen LogP contribution in [0.15, 0.2) is 24.3 Å². The van der Waals surface area contributed by atoms with Crippen LogP contribution in [0.4, 0.5) is 0 Å². The first-order valence-electron chi connectivity index (χ1n) is 5.74. The van der Waals surface area contributed by atoms with E-state index < -0.39 is 0 Å². The Morgan fingerprint density at radius 2 is 1.93 bits per heavy atom. The molecule has 0 saturated carbocycles. The van der Waals surface area contributed by atoms with Crippen LogP contribution in [-0.2, 0) is 13.0 Å². The van der Waals surface area contributed by atoms with Gasteiger partial charge in [-0.1, -0.05) is 24.3 Å². The van der Waals surface area contributed by atoms with Crippen molar-refractivity contribution < 1.29 is 0 Å². The summed E-state index contributed by atoms with van der Waals surface area (Å²) < 4.78 is 0. The van der Waals surface area contributed by atoms with Crippen LogP contribution in [0.25, 0.3) is 0 Å². The molecule has 0 radical (unpaired) electrons. The average Bonchev–Trinajstić information content (AvgIpc) is 2.58. The van der Waals surface area contributed by atoms with E-state index >= 15 is 0 Å². The van der Waals surface area contributed by atoms with Gasteiger partial charge in [0.2, 0.25) is 0 Å². The highest BCUT2D eigenvalue weighted by Gasteiger charge is 2.27. The quantitative estimate of drug-likeness (QED) is 0.603. The fourth-order valence-electron chi connectivity index (χ4n) is 2.93. The van der Waals surface area contributed by atoms with Crippen molar-refractivity contribution in [3.8, 4) is 0 Å². The minimum absolute atomic E-state index is 0.877. The lowest BCUT2D eigenvalue weighted by Gasteiger charge is -2.21. The second-order valence-electron chi connectivity index (χ2n) is 4.57. The lowest BCUT2D eigenvalue weighted by atomic mass is 10.0. The molecule has 0 amide bonds. The standard InChI is InChI=1S/C13H17N/c1-2-5-12-10-14-9-3-6-13(14)8-7-11(12)4-1/h1-2,4-5,13H,3,6-10H2. The minimum Gasteiger partial charge on any atom is -0.296 e. The van der Waals surface area contributed by atoms with Crippen molar-refractivity contribution in [2.45, 2.75) is 38.3 Å². The molecule has 1 unspecified atom stereocenters. The molecule has 2 heterocycles. The molecule has 1 saturated heterocycles. The van der Waals surface area contributed by atoms with Gasteiger partial charge in [0, 0.05) is 12.6 Å². The first kappa shape index (κ1) is 8.49. The van der Waals surface area contributed by atoms with E-state index in [0.717, 1.165) is 6.04 Å². The summed E-state index contributed by atoms with van der Waals surface area (Å²) in [6.45, 7) is 2.51. The zero-order valence-electron chi connectivity index (χ0n) is 8.58. The van der Waals surface area contributed by atoms with E-state index in [0.29, 0.717) is 0 Å². The molecule has 1 fully saturated rings. The van der Waals surface area contributed by atoms with Crippen LogP contribution in [-0.4, -0.2) is 17.5 Å². The first-order valence-corrected chi connectivity index (χ1v) is 5.74. The number of hydrogen-bond donors (Lipinski definition) is 0. The molecule has 1 atom stereocenters. The maximum Gasteiger partial charge on any atom is 0.0239 e. The van der Waals surface area contributed by atoms with Gasteiger partial charge in [-0.05, 0) is 43.4 Å². The summed E-state index contributed by atoms with van der Waals surface area (Å²) in [5.74, 6) is 0. The summed E-state index contributed by atoms with van der Waals surface area (Å²) >= 11 is 0. The van der Waals surface area contributed by atoms with Crippen molar-refractivity contribution in [2.75, 3.05) is 6.54 Å². The predicted octanol–water partition coefficient (Wildman–Crippen LogP) is 2.60. The Bertz CT molecular complexity index is 332. The Kier molecular flexibility index (Phi) is 2.06. The normalized spacial score (nSPS) is 26.7. The number of benzene rings is 1. The highest BCUT2D eigenvalue weighted by Crippen LogP contribution is 2.28. The molecule has 1 aromatic carbocycles. The topological polar surface area (TPSA) is 3.24 Å². The largest absolute Gasteiger partial charge is 0.296 e. The van der Waals surface area contributed by atoms with E-state index in [4.69, 9.17) is 0 Å². The number of rotatable bonds is 0. The van der Waals surface area contributed by atoms with Gasteiger partial charge in [-0.2, -0.15) is 0 Å². The van der Waals surface area contributed by atoms with Gasteiger partial charge in [0.15, 0.2) is 0 Å². The third-order valence-corrected chi connectivity index (χ3v) is 3.74. The monoisotopic (exact) mass is 187 g/mol. The molecule has 1 nitrogen and oxygen atoms in total. The van der Waals surface area contributed by atoms with E-state index in [2.05, 4.69) is 29.2 Å². The lowest BCUT2D eigenvalue weighted by molar-refractivity contribution is 0.243. The van der Waals surface area contributed by atoms with Crippen LogP contribution in [0.5, 0.6) is 0 Å². The van der Waals surface area contributed by atoms with Crippen molar-refractivity contribution in [3.05, 3.63) is 35.4 Å². The van der Waals surface area contributed by atoms with E-state index in [9.17, 15) is 0 Å². The van der Waals surface area contributed by atoms with Gasteiger partial charge in [-0.3, -0.25) is 4.90 Å². The summed E-state index contributed by atoms with van der Waals surface area (Å²) in [4.78, 5) is 2.67. The molecule has 14 heavy (non-hydrogen) atoms. The zero-order valence-corrected chi connectivity index (χ0v) is 8.58. The molecule has 74 valence electrons. The SMILES string of the molecule is c1ccc2c(c1)CCC1CCCN1C2.